The minimum absolute atomic E-state index is 0.310. The molecule has 1 heterocycles. The van der Waals surface area contributed by atoms with E-state index in [1.54, 1.807) is 12.1 Å². The number of aryl methyl sites for hydroxylation is 1. The predicted molar refractivity (Wildman–Crippen MR) is 78.1 cm³/mol. The van der Waals surface area contributed by atoms with Gasteiger partial charge in [0.15, 0.2) is 0 Å². The Labute approximate surface area is 118 Å². The van der Waals surface area contributed by atoms with Crippen molar-refractivity contribution in [3.63, 3.8) is 0 Å². The van der Waals surface area contributed by atoms with Crippen molar-refractivity contribution in [2.45, 2.75) is 45.6 Å². The molecule has 0 amide bonds. The zero-order valence-corrected chi connectivity index (χ0v) is 12.0. The third-order valence-electron chi connectivity index (χ3n) is 4.36. The van der Waals surface area contributed by atoms with Crippen LogP contribution in [0.4, 0.5) is 0 Å². The summed E-state index contributed by atoms with van der Waals surface area (Å²) in [4.78, 5) is 15.7. The SMILES string of the molecule is CCc1nc2cc(C(=O)O)ccc2n1C1CCC(C)C1. The average molecular weight is 272 g/mol. The summed E-state index contributed by atoms with van der Waals surface area (Å²) in [7, 11) is 0. The number of hydrogen-bond donors (Lipinski definition) is 1. The predicted octanol–water partition coefficient (Wildman–Crippen LogP) is 3.66. The number of nitrogens with zero attached hydrogens (tertiary/aromatic N) is 2. The van der Waals surface area contributed by atoms with Gasteiger partial charge < -0.3 is 9.67 Å². The Balaban J connectivity index is 2.12. The molecule has 4 nitrogen and oxygen atoms in total. The van der Waals surface area contributed by atoms with Crippen LogP contribution in [-0.4, -0.2) is 20.6 Å². The van der Waals surface area contributed by atoms with Crippen LogP contribution in [0.5, 0.6) is 0 Å². The molecule has 1 aromatic heterocycles. The Kier molecular flexibility index (Phi) is 3.24. The van der Waals surface area contributed by atoms with E-state index in [1.165, 1.54) is 19.3 Å². The average Bonchev–Trinajstić information content (AvgIpc) is 3.00. The van der Waals surface area contributed by atoms with Gasteiger partial charge in [-0.3, -0.25) is 0 Å². The van der Waals surface area contributed by atoms with Crippen molar-refractivity contribution in [2.24, 2.45) is 5.92 Å². The monoisotopic (exact) mass is 272 g/mol. The third-order valence-corrected chi connectivity index (χ3v) is 4.36. The van der Waals surface area contributed by atoms with Gasteiger partial charge in [-0.05, 0) is 43.4 Å². The summed E-state index contributed by atoms with van der Waals surface area (Å²) in [5, 5.41) is 9.09. The molecule has 3 rings (SSSR count). The standard InChI is InChI=1S/C16H20N2O2/c1-3-15-17-13-9-11(16(19)20)5-7-14(13)18(15)12-6-4-10(2)8-12/h5,7,9-10,12H,3-4,6,8H2,1-2H3,(H,19,20). The van der Waals surface area contributed by atoms with E-state index in [0.29, 0.717) is 11.6 Å². The molecule has 1 fully saturated rings. The molecule has 1 aromatic carbocycles. The molecule has 0 spiro atoms. The van der Waals surface area contributed by atoms with Gasteiger partial charge >= 0.3 is 5.97 Å². The molecule has 4 heteroatoms. The molecule has 106 valence electrons. The van der Waals surface area contributed by atoms with Crippen LogP contribution < -0.4 is 0 Å². The number of hydrogen-bond acceptors (Lipinski definition) is 2. The number of fused-ring (bicyclic) bond motifs is 1. The highest BCUT2D eigenvalue weighted by atomic mass is 16.4. The molecule has 2 aromatic rings. The minimum Gasteiger partial charge on any atom is -0.478 e. The van der Waals surface area contributed by atoms with E-state index in [0.717, 1.165) is 29.2 Å². The van der Waals surface area contributed by atoms with E-state index in [2.05, 4.69) is 23.4 Å². The Hall–Kier alpha value is -1.84. The highest BCUT2D eigenvalue weighted by Crippen LogP contribution is 2.37. The molecular weight excluding hydrogens is 252 g/mol. The highest BCUT2D eigenvalue weighted by molar-refractivity contribution is 5.92. The number of carboxylic acid groups (broad SMARTS) is 1. The fourth-order valence-corrected chi connectivity index (χ4v) is 3.35. The molecule has 0 aliphatic heterocycles. The second-order valence-electron chi connectivity index (χ2n) is 5.83. The van der Waals surface area contributed by atoms with Crippen molar-refractivity contribution in [3.8, 4) is 0 Å². The number of carbonyl (C=O) groups is 1. The van der Waals surface area contributed by atoms with E-state index in [-0.39, 0.29) is 0 Å². The lowest BCUT2D eigenvalue weighted by molar-refractivity contribution is 0.0697. The fourth-order valence-electron chi connectivity index (χ4n) is 3.35. The second kappa shape index (κ2) is 4.93. The quantitative estimate of drug-likeness (QED) is 0.927. The maximum atomic E-state index is 11.1. The van der Waals surface area contributed by atoms with Gasteiger partial charge in [-0.2, -0.15) is 0 Å². The van der Waals surface area contributed by atoms with Crippen LogP contribution >= 0.6 is 0 Å². The first-order valence-electron chi connectivity index (χ1n) is 7.34. The van der Waals surface area contributed by atoms with Gasteiger partial charge in [0.2, 0.25) is 0 Å². The Bertz CT molecular complexity index is 660. The number of carboxylic acids is 1. The Morgan fingerprint density at radius 1 is 1.45 bits per heavy atom. The van der Waals surface area contributed by atoms with Gasteiger partial charge in [0.25, 0.3) is 0 Å². The second-order valence-corrected chi connectivity index (χ2v) is 5.83. The van der Waals surface area contributed by atoms with Gasteiger partial charge in [-0.1, -0.05) is 13.8 Å². The normalized spacial score (nSPS) is 22.5. The third kappa shape index (κ3) is 2.09. The minimum atomic E-state index is -0.894. The molecule has 0 saturated heterocycles. The molecule has 1 aliphatic carbocycles. The van der Waals surface area contributed by atoms with E-state index >= 15 is 0 Å². The summed E-state index contributed by atoms with van der Waals surface area (Å²) in [6.45, 7) is 4.40. The zero-order valence-electron chi connectivity index (χ0n) is 12.0. The Morgan fingerprint density at radius 3 is 2.85 bits per heavy atom. The number of aromatic carboxylic acids is 1. The van der Waals surface area contributed by atoms with Gasteiger partial charge in [0.1, 0.15) is 5.82 Å². The maximum Gasteiger partial charge on any atom is 0.335 e. The molecule has 1 aliphatic rings. The Morgan fingerprint density at radius 2 is 2.25 bits per heavy atom. The lowest BCUT2D eigenvalue weighted by atomic mass is 10.1. The zero-order chi connectivity index (χ0) is 14.3. The van der Waals surface area contributed by atoms with Crippen molar-refractivity contribution in [1.82, 2.24) is 9.55 Å². The van der Waals surface area contributed by atoms with Crippen LogP contribution in [0.1, 0.15) is 55.3 Å². The lowest BCUT2D eigenvalue weighted by Gasteiger charge is -2.16. The van der Waals surface area contributed by atoms with E-state index in [9.17, 15) is 4.79 Å². The smallest absolute Gasteiger partial charge is 0.335 e. The van der Waals surface area contributed by atoms with Crippen molar-refractivity contribution >= 4 is 17.0 Å². The van der Waals surface area contributed by atoms with Gasteiger partial charge in [-0.25, -0.2) is 9.78 Å². The van der Waals surface area contributed by atoms with Gasteiger partial charge in [0.05, 0.1) is 16.6 Å². The molecule has 0 bridgehead atoms. The summed E-state index contributed by atoms with van der Waals surface area (Å²) in [6, 6.07) is 5.79. The number of rotatable bonds is 3. The summed E-state index contributed by atoms with van der Waals surface area (Å²) in [5.74, 6) is 0.941. The summed E-state index contributed by atoms with van der Waals surface area (Å²) < 4.78 is 2.34. The van der Waals surface area contributed by atoms with Gasteiger partial charge in [0, 0.05) is 12.5 Å². The van der Waals surface area contributed by atoms with Crippen LogP contribution in [0.3, 0.4) is 0 Å². The first-order valence-corrected chi connectivity index (χ1v) is 7.34. The van der Waals surface area contributed by atoms with Crippen molar-refractivity contribution in [1.29, 1.82) is 0 Å². The number of imidazole rings is 1. The van der Waals surface area contributed by atoms with E-state index < -0.39 is 5.97 Å². The van der Waals surface area contributed by atoms with Crippen LogP contribution in [0.25, 0.3) is 11.0 Å². The van der Waals surface area contributed by atoms with Gasteiger partial charge in [-0.15, -0.1) is 0 Å². The summed E-state index contributed by atoms with van der Waals surface area (Å²) >= 11 is 0. The van der Waals surface area contributed by atoms with Crippen LogP contribution in [0, 0.1) is 5.92 Å². The molecular formula is C16H20N2O2. The molecule has 1 N–H and O–H groups in total. The fraction of sp³-hybridized carbons (Fsp3) is 0.500. The molecule has 2 atom stereocenters. The maximum absolute atomic E-state index is 11.1. The largest absolute Gasteiger partial charge is 0.478 e. The van der Waals surface area contributed by atoms with Crippen LogP contribution in [0.2, 0.25) is 0 Å². The summed E-state index contributed by atoms with van der Waals surface area (Å²) in [6.07, 6.45) is 4.53. The molecule has 1 saturated carbocycles. The first-order chi connectivity index (χ1) is 9.60. The van der Waals surface area contributed by atoms with Crippen LogP contribution in [0.15, 0.2) is 18.2 Å². The van der Waals surface area contributed by atoms with Crippen molar-refractivity contribution < 1.29 is 9.90 Å². The van der Waals surface area contributed by atoms with E-state index in [4.69, 9.17) is 5.11 Å². The van der Waals surface area contributed by atoms with E-state index in [1.807, 2.05) is 6.07 Å². The highest BCUT2D eigenvalue weighted by Gasteiger charge is 2.26. The molecule has 2 unspecified atom stereocenters. The number of aromatic nitrogens is 2. The molecule has 20 heavy (non-hydrogen) atoms. The number of benzene rings is 1. The van der Waals surface area contributed by atoms with Crippen molar-refractivity contribution in [2.75, 3.05) is 0 Å². The summed E-state index contributed by atoms with van der Waals surface area (Å²) in [5.41, 5.74) is 2.19. The van der Waals surface area contributed by atoms with Crippen molar-refractivity contribution in [3.05, 3.63) is 29.6 Å². The topological polar surface area (TPSA) is 55.1 Å². The lowest BCUT2D eigenvalue weighted by Crippen LogP contribution is -2.09. The first kappa shape index (κ1) is 13.2. The van der Waals surface area contributed by atoms with Crippen LogP contribution in [-0.2, 0) is 6.42 Å². The molecule has 0 radical (unpaired) electrons.